The van der Waals surface area contributed by atoms with Gasteiger partial charge in [0.1, 0.15) is 0 Å². The van der Waals surface area contributed by atoms with Crippen LogP contribution in [-0.4, -0.2) is 9.97 Å². The molecule has 0 atom stereocenters. The molecule has 0 bridgehead atoms. The molecule has 3 aromatic rings. The van der Waals surface area contributed by atoms with Gasteiger partial charge in [0.25, 0.3) is 0 Å². The first-order valence-corrected chi connectivity index (χ1v) is 8.94. The summed E-state index contributed by atoms with van der Waals surface area (Å²) in [6.07, 6.45) is 16.2. The Morgan fingerprint density at radius 1 is 0.571 bits per heavy atom. The van der Waals surface area contributed by atoms with E-state index in [0.29, 0.717) is 33.9 Å². The van der Waals surface area contributed by atoms with E-state index in [4.69, 9.17) is 22.9 Å². The van der Waals surface area contributed by atoms with Crippen molar-refractivity contribution >= 4 is 34.9 Å². The molecular weight excluding hydrogens is 348 g/mol. The van der Waals surface area contributed by atoms with Crippen molar-refractivity contribution in [3.63, 3.8) is 0 Å². The van der Waals surface area contributed by atoms with Crippen LogP contribution < -0.4 is 22.9 Å². The topological polar surface area (TPSA) is 130 Å². The number of nitrogen functional groups attached to an aromatic ring is 4. The van der Waals surface area contributed by atoms with Crippen molar-refractivity contribution in [2.45, 2.75) is 12.8 Å². The molecule has 28 heavy (non-hydrogen) atoms. The number of nitrogens with zero attached hydrogens (tertiary/aromatic N) is 2. The average molecular weight is 372 g/mol. The molecule has 3 rings (SSSR count). The zero-order chi connectivity index (χ0) is 19.9. The molecule has 0 aliphatic carbocycles. The highest BCUT2D eigenvalue weighted by Gasteiger charge is 2.14. The van der Waals surface area contributed by atoms with Crippen LogP contribution in [0.25, 0.3) is 12.2 Å². The van der Waals surface area contributed by atoms with Crippen LogP contribution >= 0.6 is 0 Å². The number of allylic oxidation sites excluding steroid dienone is 2. The maximum Gasteiger partial charge on any atom is 0.0649 e. The van der Waals surface area contributed by atoms with Gasteiger partial charge in [0.15, 0.2) is 0 Å². The van der Waals surface area contributed by atoms with Crippen molar-refractivity contribution in [1.82, 2.24) is 9.97 Å². The molecule has 6 heteroatoms. The van der Waals surface area contributed by atoms with Crippen molar-refractivity contribution in [3.05, 3.63) is 83.5 Å². The minimum Gasteiger partial charge on any atom is -0.396 e. The number of rotatable bonds is 6. The summed E-state index contributed by atoms with van der Waals surface area (Å²) in [7, 11) is 0. The summed E-state index contributed by atoms with van der Waals surface area (Å²) in [6, 6.07) is 7.82. The Labute approximate surface area is 164 Å². The van der Waals surface area contributed by atoms with Crippen molar-refractivity contribution in [1.29, 1.82) is 0 Å². The number of aromatic nitrogens is 2. The number of hydrogen-bond acceptors (Lipinski definition) is 6. The van der Waals surface area contributed by atoms with Crippen LogP contribution in [0.15, 0.2) is 61.2 Å². The maximum atomic E-state index is 6.25. The summed E-state index contributed by atoms with van der Waals surface area (Å²) >= 11 is 0. The largest absolute Gasteiger partial charge is 0.396 e. The van der Waals surface area contributed by atoms with Gasteiger partial charge in [0.2, 0.25) is 0 Å². The van der Waals surface area contributed by atoms with Crippen LogP contribution in [0.3, 0.4) is 0 Å². The fourth-order valence-corrected chi connectivity index (χ4v) is 2.89. The van der Waals surface area contributed by atoms with Gasteiger partial charge < -0.3 is 22.9 Å². The van der Waals surface area contributed by atoms with Gasteiger partial charge in [-0.1, -0.05) is 24.3 Å². The van der Waals surface area contributed by atoms with Crippen LogP contribution in [0.1, 0.15) is 22.3 Å². The molecule has 6 nitrogen and oxygen atoms in total. The highest BCUT2D eigenvalue weighted by atomic mass is 14.8. The van der Waals surface area contributed by atoms with Gasteiger partial charge in [-0.3, -0.25) is 9.97 Å². The number of benzene rings is 1. The minimum atomic E-state index is 0.432. The van der Waals surface area contributed by atoms with Gasteiger partial charge in [0, 0.05) is 35.9 Å². The first-order chi connectivity index (χ1) is 13.6. The van der Waals surface area contributed by atoms with E-state index in [1.54, 1.807) is 24.8 Å². The highest BCUT2D eigenvalue weighted by molar-refractivity contribution is 5.97. The van der Waals surface area contributed by atoms with Gasteiger partial charge in [-0.2, -0.15) is 0 Å². The molecule has 0 unspecified atom stereocenters. The summed E-state index contributed by atoms with van der Waals surface area (Å²) in [5.41, 5.74) is 30.3. The predicted molar refractivity (Wildman–Crippen MR) is 118 cm³/mol. The minimum absolute atomic E-state index is 0.432. The number of pyridine rings is 2. The van der Waals surface area contributed by atoms with Gasteiger partial charge in [0.05, 0.1) is 22.7 Å². The SMILES string of the molecule is Nc1c(N)c(C=CCc2ccncc2)c(N)c(N)c1C=CCc1ccncc1. The molecule has 0 radical (unpaired) electrons. The lowest BCUT2D eigenvalue weighted by atomic mass is 9.99. The zero-order valence-corrected chi connectivity index (χ0v) is 15.5. The molecule has 2 aromatic heterocycles. The molecule has 142 valence electrons. The van der Waals surface area contributed by atoms with Crippen LogP contribution in [0.5, 0.6) is 0 Å². The Kier molecular flexibility index (Phi) is 5.91. The van der Waals surface area contributed by atoms with E-state index in [1.165, 1.54) is 0 Å². The third-order valence-corrected chi connectivity index (χ3v) is 4.52. The summed E-state index contributed by atoms with van der Waals surface area (Å²) in [5, 5.41) is 0. The van der Waals surface area contributed by atoms with Gasteiger partial charge in [-0.15, -0.1) is 0 Å². The number of nitrogens with two attached hydrogens (primary N) is 4. The standard InChI is InChI=1S/C22H24N6/c23-19-17(5-1-3-15-7-11-27-12-8-15)20(24)22(26)18(21(19)25)6-2-4-16-9-13-28-14-10-16/h1-2,5-14H,3-4,23-26H2. The van der Waals surface area contributed by atoms with Gasteiger partial charge in [-0.25, -0.2) is 0 Å². The Morgan fingerprint density at radius 3 is 1.21 bits per heavy atom. The number of anilines is 4. The third-order valence-electron chi connectivity index (χ3n) is 4.52. The molecule has 0 saturated heterocycles. The first kappa shape index (κ1) is 19.0. The molecule has 0 amide bonds. The van der Waals surface area contributed by atoms with E-state index in [9.17, 15) is 0 Å². The summed E-state index contributed by atoms with van der Waals surface area (Å²) in [4.78, 5) is 8.02. The first-order valence-electron chi connectivity index (χ1n) is 8.94. The van der Waals surface area contributed by atoms with Gasteiger partial charge >= 0.3 is 0 Å². The summed E-state index contributed by atoms with van der Waals surface area (Å²) in [5.74, 6) is 0. The van der Waals surface area contributed by atoms with Crippen LogP contribution in [0.2, 0.25) is 0 Å². The molecular formula is C22H24N6. The Balaban J connectivity index is 1.82. The smallest absolute Gasteiger partial charge is 0.0649 e. The second-order valence-corrected chi connectivity index (χ2v) is 6.41. The molecule has 1 aromatic carbocycles. The average Bonchev–Trinajstić information content (AvgIpc) is 2.73. The normalized spacial score (nSPS) is 11.4. The monoisotopic (exact) mass is 372 g/mol. The predicted octanol–water partition coefficient (Wildman–Crippen LogP) is 3.32. The molecule has 0 fully saturated rings. The molecule has 2 heterocycles. The Morgan fingerprint density at radius 2 is 0.893 bits per heavy atom. The van der Waals surface area contributed by atoms with Crippen LogP contribution in [-0.2, 0) is 12.8 Å². The van der Waals surface area contributed by atoms with Crippen molar-refractivity contribution in [2.24, 2.45) is 0 Å². The van der Waals surface area contributed by atoms with Crippen molar-refractivity contribution in [2.75, 3.05) is 22.9 Å². The van der Waals surface area contributed by atoms with E-state index < -0.39 is 0 Å². The fraction of sp³-hybridized carbons (Fsp3) is 0.0909. The molecule has 8 N–H and O–H groups in total. The quantitative estimate of drug-likeness (QED) is 0.491. The fourth-order valence-electron chi connectivity index (χ4n) is 2.89. The lowest BCUT2D eigenvalue weighted by molar-refractivity contribution is 1.22. The summed E-state index contributed by atoms with van der Waals surface area (Å²) in [6.45, 7) is 0. The Bertz CT molecular complexity index is 883. The second kappa shape index (κ2) is 8.73. The van der Waals surface area contributed by atoms with E-state index >= 15 is 0 Å². The van der Waals surface area contributed by atoms with E-state index in [-0.39, 0.29) is 0 Å². The van der Waals surface area contributed by atoms with E-state index in [1.807, 2.05) is 48.6 Å². The second-order valence-electron chi connectivity index (χ2n) is 6.41. The van der Waals surface area contributed by atoms with Crippen molar-refractivity contribution < 1.29 is 0 Å². The van der Waals surface area contributed by atoms with E-state index in [0.717, 1.165) is 24.0 Å². The number of hydrogen-bond donors (Lipinski definition) is 4. The summed E-state index contributed by atoms with van der Waals surface area (Å²) < 4.78 is 0. The zero-order valence-electron chi connectivity index (χ0n) is 15.5. The van der Waals surface area contributed by atoms with Gasteiger partial charge in [-0.05, 0) is 48.2 Å². The highest BCUT2D eigenvalue weighted by Crippen LogP contribution is 2.38. The van der Waals surface area contributed by atoms with Crippen LogP contribution in [0, 0.1) is 0 Å². The molecule has 0 aliphatic heterocycles. The molecule has 0 aliphatic rings. The maximum absolute atomic E-state index is 6.25. The molecule has 0 spiro atoms. The molecule has 0 saturated carbocycles. The lowest BCUT2D eigenvalue weighted by Crippen LogP contribution is -2.08. The van der Waals surface area contributed by atoms with Crippen LogP contribution in [0.4, 0.5) is 22.7 Å². The van der Waals surface area contributed by atoms with E-state index in [2.05, 4.69) is 9.97 Å². The lowest BCUT2D eigenvalue weighted by Gasteiger charge is -2.15. The van der Waals surface area contributed by atoms with Crippen molar-refractivity contribution in [3.8, 4) is 0 Å². The third kappa shape index (κ3) is 4.29. The Hall–Kier alpha value is -3.80.